The molecular formula is C19H24N4O3. The number of likely N-dealkylation sites (tertiary alicyclic amines) is 1. The highest BCUT2D eigenvalue weighted by Gasteiger charge is 2.25. The zero-order valence-electron chi connectivity index (χ0n) is 15.1. The minimum absolute atomic E-state index is 0.0206. The van der Waals surface area contributed by atoms with Crippen molar-refractivity contribution in [2.24, 2.45) is 0 Å². The fraction of sp³-hybridized carbons (Fsp3) is 0.421. The Labute approximate surface area is 153 Å². The van der Waals surface area contributed by atoms with Crippen molar-refractivity contribution in [3.63, 3.8) is 0 Å². The van der Waals surface area contributed by atoms with Crippen LogP contribution in [0.25, 0.3) is 5.69 Å². The van der Waals surface area contributed by atoms with Crippen LogP contribution in [0.1, 0.15) is 35.8 Å². The third-order valence-electron chi connectivity index (χ3n) is 4.63. The summed E-state index contributed by atoms with van der Waals surface area (Å²) in [6.45, 7) is 3.23. The number of benzene rings is 1. The van der Waals surface area contributed by atoms with Crippen LogP contribution in [0.15, 0.2) is 36.8 Å². The monoisotopic (exact) mass is 356 g/mol. The average Bonchev–Trinajstić information content (AvgIpc) is 3.15. The van der Waals surface area contributed by atoms with E-state index in [-0.39, 0.29) is 17.9 Å². The van der Waals surface area contributed by atoms with Gasteiger partial charge in [-0.1, -0.05) is 12.1 Å². The summed E-state index contributed by atoms with van der Waals surface area (Å²) in [6.07, 6.45) is 5.45. The lowest BCUT2D eigenvalue weighted by Gasteiger charge is -2.31. The van der Waals surface area contributed by atoms with E-state index in [0.717, 1.165) is 24.2 Å². The van der Waals surface area contributed by atoms with Crippen molar-refractivity contribution in [2.75, 3.05) is 20.2 Å². The number of imidazole rings is 1. The van der Waals surface area contributed by atoms with E-state index < -0.39 is 0 Å². The Kier molecular flexibility index (Phi) is 5.68. The number of aromatic nitrogens is 2. The molecule has 0 unspecified atom stereocenters. The predicted octanol–water partition coefficient (Wildman–Crippen LogP) is 1.76. The van der Waals surface area contributed by atoms with Gasteiger partial charge in [-0.15, -0.1) is 0 Å². The lowest BCUT2D eigenvalue weighted by molar-refractivity contribution is -0.119. The number of hydrogen-bond acceptors (Lipinski definition) is 4. The van der Waals surface area contributed by atoms with Crippen LogP contribution < -0.4 is 5.32 Å². The van der Waals surface area contributed by atoms with Crippen LogP contribution in [-0.4, -0.2) is 52.6 Å². The van der Waals surface area contributed by atoms with Gasteiger partial charge in [-0.3, -0.25) is 9.59 Å². The van der Waals surface area contributed by atoms with Crippen LogP contribution >= 0.6 is 0 Å². The number of piperidine rings is 1. The number of amides is 2. The van der Waals surface area contributed by atoms with Gasteiger partial charge in [-0.25, -0.2) is 4.98 Å². The van der Waals surface area contributed by atoms with Crippen LogP contribution in [0, 0.1) is 0 Å². The number of ether oxygens (including phenoxy) is 1. The Balaban J connectivity index is 1.78. The molecule has 2 aromatic rings. The van der Waals surface area contributed by atoms with Gasteiger partial charge in [0, 0.05) is 33.3 Å². The molecule has 1 aromatic heterocycles. The summed E-state index contributed by atoms with van der Waals surface area (Å²) in [4.78, 5) is 30.2. The topological polar surface area (TPSA) is 76.5 Å². The van der Waals surface area contributed by atoms with Crippen LogP contribution in [-0.2, 0) is 16.1 Å². The summed E-state index contributed by atoms with van der Waals surface area (Å²) in [5, 5.41) is 2.72. The quantitative estimate of drug-likeness (QED) is 0.886. The van der Waals surface area contributed by atoms with E-state index in [1.165, 1.54) is 6.92 Å². The lowest BCUT2D eigenvalue weighted by Crippen LogP contribution is -2.40. The first-order valence-electron chi connectivity index (χ1n) is 8.77. The fourth-order valence-electron chi connectivity index (χ4n) is 3.15. The second-order valence-corrected chi connectivity index (χ2v) is 6.43. The molecule has 1 saturated heterocycles. The summed E-state index contributed by atoms with van der Waals surface area (Å²) in [6, 6.07) is 7.51. The average molecular weight is 356 g/mol. The smallest absolute Gasteiger partial charge is 0.255 e. The zero-order chi connectivity index (χ0) is 18.5. The number of nitrogens with zero attached hydrogens (tertiary/aromatic N) is 3. The molecule has 0 saturated carbocycles. The Morgan fingerprint density at radius 2 is 2.00 bits per heavy atom. The van der Waals surface area contributed by atoms with Gasteiger partial charge in [0.1, 0.15) is 0 Å². The molecule has 2 amide bonds. The van der Waals surface area contributed by atoms with Crippen LogP contribution in [0.4, 0.5) is 0 Å². The van der Waals surface area contributed by atoms with Gasteiger partial charge < -0.3 is 19.5 Å². The SMILES string of the molecule is COC1CCN(C(=O)c2ccccc2-n2cnc(CNC(C)=O)c2)CC1. The largest absolute Gasteiger partial charge is 0.381 e. The molecule has 0 bridgehead atoms. The predicted molar refractivity (Wildman–Crippen MR) is 97.0 cm³/mol. The maximum Gasteiger partial charge on any atom is 0.255 e. The molecule has 1 aliphatic rings. The molecule has 7 heteroatoms. The Morgan fingerprint density at radius 3 is 2.69 bits per heavy atom. The first-order valence-corrected chi connectivity index (χ1v) is 8.77. The Morgan fingerprint density at radius 1 is 1.27 bits per heavy atom. The number of carbonyl (C=O) groups excluding carboxylic acids is 2. The van der Waals surface area contributed by atoms with Gasteiger partial charge in [0.15, 0.2) is 0 Å². The molecule has 26 heavy (non-hydrogen) atoms. The molecule has 0 aliphatic carbocycles. The van der Waals surface area contributed by atoms with E-state index in [4.69, 9.17) is 4.74 Å². The summed E-state index contributed by atoms with van der Waals surface area (Å²) >= 11 is 0. The van der Waals surface area contributed by atoms with Crippen molar-refractivity contribution in [1.29, 1.82) is 0 Å². The van der Waals surface area contributed by atoms with Crippen LogP contribution in [0.5, 0.6) is 0 Å². The molecule has 1 aromatic carbocycles. The molecule has 7 nitrogen and oxygen atoms in total. The van der Waals surface area contributed by atoms with Crippen molar-refractivity contribution in [2.45, 2.75) is 32.4 Å². The summed E-state index contributed by atoms with van der Waals surface area (Å²) < 4.78 is 7.21. The van der Waals surface area contributed by atoms with E-state index in [1.54, 1.807) is 13.4 Å². The third kappa shape index (κ3) is 4.11. The Hall–Kier alpha value is -2.67. The molecular weight excluding hydrogens is 332 g/mol. The van der Waals surface area contributed by atoms with Crippen molar-refractivity contribution >= 4 is 11.8 Å². The van der Waals surface area contributed by atoms with Gasteiger partial charge in [-0.05, 0) is 25.0 Å². The number of methoxy groups -OCH3 is 1. The number of carbonyl (C=O) groups is 2. The first-order chi connectivity index (χ1) is 12.6. The van der Waals surface area contributed by atoms with Crippen molar-refractivity contribution in [1.82, 2.24) is 19.8 Å². The van der Waals surface area contributed by atoms with E-state index in [1.807, 2.05) is 39.9 Å². The third-order valence-corrected chi connectivity index (χ3v) is 4.63. The van der Waals surface area contributed by atoms with Gasteiger partial charge in [0.25, 0.3) is 5.91 Å². The lowest BCUT2D eigenvalue weighted by atomic mass is 10.1. The molecule has 1 fully saturated rings. The van der Waals surface area contributed by atoms with Crippen molar-refractivity contribution in [3.8, 4) is 5.69 Å². The van der Waals surface area contributed by atoms with E-state index in [2.05, 4.69) is 10.3 Å². The van der Waals surface area contributed by atoms with Crippen LogP contribution in [0.3, 0.4) is 0 Å². The molecule has 1 aliphatic heterocycles. The molecule has 0 spiro atoms. The normalized spacial score (nSPS) is 15.1. The standard InChI is InChI=1S/C19H24N4O3/c1-14(24)20-11-15-12-23(13-21-15)18-6-4-3-5-17(18)19(25)22-9-7-16(26-2)8-10-22/h3-6,12-13,16H,7-11H2,1-2H3,(H,20,24). The highest BCUT2D eigenvalue weighted by molar-refractivity contribution is 5.97. The fourth-order valence-corrected chi connectivity index (χ4v) is 3.15. The number of nitrogens with one attached hydrogen (secondary N) is 1. The van der Waals surface area contributed by atoms with Gasteiger partial charge in [0.05, 0.1) is 35.9 Å². The highest BCUT2D eigenvalue weighted by Crippen LogP contribution is 2.20. The molecule has 0 radical (unpaired) electrons. The molecule has 1 N–H and O–H groups in total. The number of para-hydroxylation sites is 1. The number of rotatable bonds is 5. The van der Waals surface area contributed by atoms with Crippen LogP contribution in [0.2, 0.25) is 0 Å². The second kappa shape index (κ2) is 8.14. The minimum atomic E-state index is -0.102. The molecule has 2 heterocycles. The van der Waals surface area contributed by atoms with Crippen molar-refractivity contribution < 1.29 is 14.3 Å². The van der Waals surface area contributed by atoms with Gasteiger partial charge in [-0.2, -0.15) is 0 Å². The highest BCUT2D eigenvalue weighted by atomic mass is 16.5. The van der Waals surface area contributed by atoms with E-state index >= 15 is 0 Å². The maximum atomic E-state index is 13.0. The second-order valence-electron chi connectivity index (χ2n) is 6.43. The van der Waals surface area contributed by atoms with E-state index in [9.17, 15) is 9.59 Å². The maximum absolute atomic E-state index is 13.0. The summed E-state index contributed by atoms with van der Waals surface area (Å²) in [7, 11) is 1.72. The first kappa shape index (κ1) is 18.1. The minimum Gasteiger partial charge on any atom is -0.381 e. The summed E-state index contributed by atoms with van der Waals surface area (Å²) in [5.74, 6) is -0.0816. The number of hydrogen-bond donors (Lipinski definition) is 1. The van der Waals surface area contributed by atoms with Gasteiger partial charge in [0.2, 0.25) is 5.91 Å². The Bertz CT molecular complexity index is 779. The molecule has 3 rings (SSSR count). The van der Waals surface area contributed by atoms with Gasteiger partial charge >= 0.3 is 0 Å². The van der Waals surface area contributed by atoms with Crippen molar-refractivity contribution in [3.05, 3.63) is 48.0 Å². The zero-order valence-corrected chi connectivity index (χ0v) is 15.1. The summed E-state index contributed by atoms with van der Waals surface area (Å²) in [5.41, 5.74) is 2.17. The molecule has 138 valence electrons. The molecule has 0 atom stereocenters. The van der Waals surface area contributed by atoms with E-state index in [0.29, 0.717) is 25.2 Å².